The first-order chi connectivity index (χ1) is 11.1. The van der Waals surface area contributed by atoms with Crippen LogP contribution in [-0.4, -0.2) is 14.2 Å². The van der Waals surface area contributed by atoms with Crippen LogP contribution in [0, 0.1) is 0 Å². The SMILES string of the molecule is C/C=C/CCC(C)c1ccc(-c2cc(OC)c(Cl)c(OC)c2)o1. The fraction of sp³-hybridized carbons (Fsp3) is 0.368. The van der Waals surface area contributed by atoms with Crippen molar-refractivity contribution in [2.24, 2.45) is 0 Å². The number of hydrogen-bond acceptors (Lipinski definition) is 3. The van der Waals surface area contributed by atoms with E-state index in [1.807, 2.05) is 31.2 Å². The lowest BCUT2D eigenvalue weighted by molar-refractivity contribution is 0.394. The van der Waals surface area contributed by atoms with E-state index in [4.69, 9.17) is 25.5 Å². The van der Waals surface area contributed by atoms with E-state index in [1.54, 1.807) is 14.2 Å². The minimum Gasteiger partial charge on any atom is -0.495 e. The maximum absolute atomic E-state index is 6.21. The monoisotopic (exact) mass is 334 g/mol. The van der Waals surface area contributed by atoms with Gasteiger partial charge in [-0.05, 0) is 44.0 Å². The van der Waals surface area contributed by atoms with Gasteiger partial charge in [-0.1, -0.05) is 30.7 Å². The van der Waals surface area contributed by atoms with Crippen molar-refractivity contribution >= 4 is 11.6 Å². The average Bonchev–Trinajstić information content (AvgIpc) is 3.05. The number of hydrogen-bond donors (Lipinski definition) is 0. The highest BCUT2D eigenvalue weighted by molar-refractivity contribution is 6.33. The second-order valence-corrected chi connectivity index (χ2v) is 5.82. The molecule has 0 amide bonds. The van der Waals surface area contributed by atoms with Gasteiger partial charge in [0.1, 0.15) is 28.0 Å². The zero-order chi connectivity index (χ0) is 16.8. The average molecular weight is 335 g/mol. The summed E-state index contributed by atoms with van der Waals surface area (Å²) in [5.74, 6) is 3.28. The van der Waals surface area contributed by atoms with Gasteiger partial charge in [0.05, 0.1) is 14.2 Å². The fourth-order valence-corrected chi connectivity index (χ4v) is 2.70. The quantitative estimate of drug-likeness (QED) is 0.575. The Bertz CT molecular complexity index is 648. The number of halogens is 1. The van der Waals surface area contributed by atoms with Gasteiger partial charge in [0.25, 0.3) is 0 Å². The fourth-order valence-electron chi connectivity index (χ4n) is 2.44. The molecule has 0 saturated heterocycles. The zero-order valence-electron chi connectivity index (χ0n) is 14.1. The van der Waals surface area contributed by atoms with Gasteiger partial charge in [-0.3, -0.25) is 0 Å². The van der Waals surface area contributed by atoms with Crippen molar-refractivity contribution in [3.8, 4) is 22.8 Å². The van der Waals surface area contributed by atoms with Gasteiger partial charge in [-0.15, -0.1) is 0 Å². The molecule has 1 heterocycles. The lowest BCUT2D eigenvalue weighted by Gasteiger charge is -2.10. The minimum absolute atomic E-state index is 0.371. The van der Waals surface area contributed by atoms with E-state index in [2.05, 4.69) is 19.1 Å². The molecule has 124 valence electrons. The first-order valence-corrected chi connectivity index (χ1v) is 8.11. The lowest BCUT2D eigenvalue weighted by Crippen LogP contribution is -1.91. The van der Waals surface area contributed by atoms with Crippen LogP contribution in [-0.2, 0) is 0 Å². The van der Waals surface area contributed by atoms with E-state index in [0.717, 1.165) is 29.9 Å². The lowest BCUT2D eigenvalue weighted by atomic mass is 10.0. The Labute approximate surface area is 142 Å². The molecule has 0 bridgehead atoms. The summed E-state index contributed by atoms with van der Waals surface area (Å²) < 4.78 is 16.6. The Morgan fingerprint density at radius 1 is 1.17 bits per heavy atom. The predicted molar refractivity (Wildman–Crippen MR) is 94.7 cm³/mol. The molecule has 0 N–H and O–H groups in total. The van der Waals surface area contributed by atoms with E-state index in [1.165, 1.54) is 0 Å². The van der Waals surface area contributed by atoms with Crippen LogP contribution in [0.3, 0.4) is 0 Å². The smallest absolute Gasteiger partial charge is 0.141 e. The van der Waals surface area contributed by atoms with Crippen LogP contribution in [0.4, 0.5) is 0 Å². The summed E-state index contributed by atoms with van der Waals surface area (Å²) in [6.07, 6.45) is 6.36. The Morgan fingerprint density at radius 2 is 1.83 bits per heavy atom. The second kappa shape index (κ2) is 8.11. The third-order valence-electron chi connectivity index (χ3n) is 3.84. The van der Waals surface area contributed by atoms with Crippen molar-refractivity contribution in [3.63, 3.8) is 0 Å². The molecular weight excluding hydrogens is 312 g/mol. The summed E-state index contributed by atoms with van der Waals surface area (Å²) in [5.41, 5.74) is 0.884. The molecule has 23 heavy (non-hydrogen) atoms. The standard InChI is InChI=1S/C19H23ClO3/c1-5-6-7-8-13(2)15-9-10-16(23-15)14-11-17(21-3)19(20)18(12-14)22-4/h5-6,9-13H,7-8H2,1-4H3/b6-5+. The highest BCUT2D eigenvalue weighted by Gasteiger charge is 2.15. The second-order valence-electron chi connectivity index (χ2n) is 5.44. The van der Waals surface area contributed by atoms with E-state index < -0.39 is 0 Å². The maximum Gasteiger partial charge on any atom is 0.141 e. The van der Waals surface area contributed by atoms with E-state index in [9.17, 15) is 0 Å². The van der Waals surface area contributed by atoms with Crippen LogP contribution >= 0.6 is 11.6 Å². The highest BCUT2D eigenvalue weighted by Crippen LogP contribution is 2.39. The molecule has 0 aliphatic carbocycles. The van der Waals surface area contributed by atoms with Crippen LogP contribution in [0.25, 0.3) is 11.3 Å². The molecule has 2 aromatic rings. The molecule has 1 aromatic carbocycles. The van der Waals surface area contributed by atoms with Crippen LogP contribution in [0.1, 0.15) is 38.4 Å². The summed E-state index contributed by atoms with van der Waals surface area (Å²) in [6, 6.07) is 7.72. The van der Waals surface area contributed by atoms with Crippen LogP contribution in [0.5, 0.6) is 11.5 Å². The normalized spacial score (nSPS) is 12.6. The summed E-state index contributed by atoms with van der Waals surface area (Å²) in [4.78, 5) is 0. The molecule has 1 unspecified atom stereocenters. The van der Waals surface area contributed by atoms with Gasteiger partial charge in [0, 0.05) is 11.5 Å². The summed E-state index contributed by atoms with van der Waals surface area (Å²) in [6.45, 7) is 4.21. The Kier molecular flexibility index (Phi) is 6.17. The van der Waals surface area contributed by atoms with Crippen molar-refractivity contribution in [1.82, 2.24) is 0 Å². The summed E-state index contributed by atoms with van der Waals surface area (Å²) >= 11 is 6.21. The number of benzene rings is 1. The van der Waals surface area contributed by atoms with Gasteiger partial charge in [-0.25, -0.2) is 0 Å². The van der Waals surface area contributed by atoms with E-state index >= 15 is 0 Å². The van der Waals surface area contributed by atoms with Crippen LogP contribution in [0.15, 0.2) is 40.8 Å². The number of rotatable bonds is 7. The zero-order valence-corrected chi connectivity index (χ0v) is 14.8. The van der Waals surface area contributed by atoms with E-state index in [0.29, 0.717) is 22.4 Å². The predicted octanol–water partition coefficient (Wildman–Crippen LogP) is 6.08. The molecule has 0 fully saturated rings. The van der Waals surface area contributed by atoms with Gasteiger partial charge in [-0.2, -0.15) is 0 Å². The molecule has 1 aromatic heterocycles. The Balaban J connectivity index is 2.26. The van der Waals surface area contributed by atoms with Crippen molar-refractivity contribution in [2.45, 2.75) is 32.6 Å². The molecule has 0 aliphatic heterocycles. The number of ether oxygens (including phenoxy) is 2. The molecule has 0 spiro atoms. The molecule has 4 heteroatoms. The number of methoxy groups -OCH3 is 2. The maximum atomic E-state index is 6.21. The number of allylic oxidation sites excluding steroid dienone is 2. The molecule has 0 saturated carbocycles. The Morgan fingerprint density at radius 3 is 2.39 bits per heavy atom. The molecule has 0 aliphatic rings. The minimum atomic E-state index is 0.371. The number of furan rings is 1. The summed E-state index contributed by atoms with van der Waals surface area (Å²) in [7, 11) is 3.17. The third kappa shape index (κ3) is 4.11. The van der Waals surface area contributed by atoms with Crippen molar-refractivity contribution < 1.29 is 13.9 Å². The Hall–Kier alpha value is -1.87. The van der Waals surface area contributed by atoms with Crippen LogP contribution < -0.4 is 9.47 Å². The largest absolute Gasteiger partial charge is 0.495 e. The van der Waals surface area contributed by atoms with Gasteiger partial charge in [0.2, 0.25) is 0 Å². The molecule has 2 rings (SSSR count). The van der Waals surface area contributed by atoms with Crippen molar-refractivity contribution in [3.05, 3.63) is 47.2 Å². The van der Waals surface area contributed by atoms with Crippen molar-refractivity contribution in [2.75, 3.05) is 14.2 Å². The first-order valence-electron chi connectivity index (χ1n) is 7.73. The van der Waals surface area contributed by atoms with Crippen LogP contribution in [0.2, 0.25) is 5.02 Å². The van der Waals surface area contributed by atoms with E-state index in [-0.39, 0.29) is 0 Å². The van der Waals surface area contributed by atoms with Gasteiger partial charge >= 0.3 is 0 Å². The first kappa shape index (κ1) is 17.5. The topological polar surface area (TPSA) is 31.6 Å². The molecule has 1 atom stereocenters. The molecule has 3 nitrogen and oxygen atoms in total. The summed E-state index contributed by atoms with van der Waals surface area (Å²) in [5, 5.41) is 0.463. The highest BCUT2D eigenvalue weighted by atomic mass is 35.5. The molecule has 0 radical (unpaired) electrons. The third-order valence-corrected chi connectivity index (χ3v) is 4.22. The van der Waals surface area contributed by atoms with Gasteiger partial charge in [0.15, 0.2) is 0 Å². The van der Waals surface area contributed by atoms with Crippen molar-refractivity contribution in [1.29, 1.82) is 0 Å². The molecular formula is C19H23ClO3. The van der Waals surface area contributed by atoms with Gasteiger partial charge < -0.3 is 13.9 Å².